The molecule has 1 amide bonds. The molecule has 0 saturated carbocycles. The minimum absolute atomic E-state index is 0.116. The molecule has 2 aromatic carbocycles. The maximum Gasteiger partial charge on any atom is 0.235 e. The lowest BCUT2D eigenvalue weighted by Gasteiger charge is -2.37. The zero-order valence-electron chi connectivity index (χ0n) is 20.6. The van der Waals surface area contributed by atoms with Crippen molar-refractivity contribution in [3.8, 4) is 11.3 Å². The molecular formula is C28H26N8O. The second-order valence-corrected chi connectivity index (χ2v) is 9.91. The highest BCUT2D eigenvalue weighted by atomic mass is 16.2. The number of anilines is 1. The summed E-state index contributed by atoms with van der Waals surface area (Å²) in [6.07, 6.45) is 5.18. The van der Waals surface area contributed by atoms with E-state index in [2.05, 4.69) is 55.6 Å². The molecule has 2 aliphatic rings. The van der Waals surface area contributed by atoms with Gasteiger partial charge in [0, 0.05) is 22.8 Å². The van der Waals surface area contributed by atoms with Crippen LogP contribution < -0.4 is 5.32 Å². The van der Waals surface area contributed by atoms with E-state index < -0.39 is 5.41 Å². The minimum atomic E-state index is -0.469. The highest BCUT2D eigenvalue weighted by Crippen LogP contribution is 2.46. The van der Waals surface area contributed by atoms with E-state index in [9.17, 15) is 4.79 Å². The summed E-state index contributed by atoms with van der Waals surface area (Å²) in [6.45, 7) is 5.56. The lowest BCUT2D eigenvalue weighted by molar-refractivity contribution is -0.122. The third kappa shape index (κ3) is 3.57. The smallest absolute Gasteiger partial charge is 0.235 e. The third-order valence-corrected chi connectivity index (χ3v) is 7.90. The van der Waals surface area contributed by atoms with E-state index in [0.717, 1.165) is 71.5 Å². The van der Waals surface area contributed by atoms with Crippen molar-refractivity contribution in [2.45, 2.75) is 31.7 Å². The molecule has 1 saturated heterocycles. The quantitative estimate of drug-likeness (QED) is 0.409. The van der Waals surface area contributed by atoms with Gasteiger partial charge in [-0.3, -0.25) is 9.78 Å². The fourth-order valence-corrected chi connectivity index (χ4v) is 5.72. The number of hydrogen-bond acceptors (Lipinski definition) is 7. The van der Waals surface area contributed by atoms with Gasteiger partial charge in [0.2, 0.25) is 11.6 Å². The first kappa shape index (κ1) is 22.0. The molecule has 2 aliphatic heterocycles. The van der Waals surface area contributed by atoms with Crippen molar-refractivity contribution in [1.29, 1.82) is 0 Å². The lowest BCUT2D eigenvalue weighted by atomic mass is 9.73. The monoisotopic (exact) mass is 490 g/mol. The average molecular weight is 491 g/mol. The summed E-state index contributed by atoms with van der Waals surface area (Å²) in [7, 11) is 0. The summed E-state index contributed by atoms with van der Waals surface area (Å²) in [5, 5.41) is 12.8. The number of benzene rings is 2. The number of pyridine rings is 1. The summed E-state index contributed by atoms with van der Waals surface area (Å²) in [4.78, 5) is 29.4. The Morgan fingerprint density at radius 3 is 2.81 bits per heavy atom. The van der Waals surface area contributed by atoms with E-state index in [0.29, 0.717) is 17.8 Å². The van der Waals surface area contributed by atoms with Crippen LogP contribution in [0.2, 0.25) is 0 Å². The average Bonchev–Trinajstić information content (AvgIpc) is 3.46. The number of nitrogens with one attached hydrogen (secondary N) is 1. The molecule has 5 heterocycles. The van der Waals surface area contributed by atoms with E-state index in [1.54, 1.807) is 17.1 Å². The lowest BCUT2D eigenvalue weighted by Crippen LogP contribution is -2.46. The van der Waals surface area contributed by atoms with Crippen LogP contribution in [0.15, 0.2) is 60.9 Å². The molecular weight excluding hydrogens is 464 g/mol. The Balaban J connectivity index is 1.24. The van der Waals surface area contributed by atoms with E-state index in [-0.39, 0.29) is 5.91 Å². The number of carbonyl (C=O) groups excluding carboxylic acids is 1. The van der Waals surface area contributed by atoms with Crippen molar-refractivity contribution in [2.75, 3.05) is 25.0 Å². The van der Waals surface area contributed by atoms with E-state index >= 15 is 0 Å². The SMILES string of the molecule is CCN1CCC2(CC1)C(=O)Nc1ccc(-c3cnc4nnn(Cc5ccc6ncccc6c5)c4n3)cc12. The van der Waals surface area contributed by atoms with Gasteiger partial charge < -0.3 is 10.2 Å². The van der Waals surface area contributed by atoms with Gasteiger partial charge in [0.1, 0.15) is 0 Å². The molecule has 1 fully saturated rings. The van der Waals surface area contributed by atoms with Crippen LogP contribution in [-0.2, 0) is 16.8 Å². The molecule has 37 heavy (non-hydrogen) atoms. The zero-order chi connectivity index (χ0) is 25.0. The Morgan fingerprint density at radius 1 is 1.05 bits per heavy atom. The Morgan fingerprint density at radius 2 is 1.95 bits per heavy atom. The van der Waals surface area contributed by atoms with Gasteiger partial charge in [-0.15, -0.1) is 5.10 Å². The van der Waals surface area contributed by atoms with Crippen LogP contribution >= 0.6 is 0 Å². The standard InChI is InChI=1S/C28H26N8O/c1-2-35-12-9-28(10-13-35)21-15-20(6-8-23(21)32-27(28)37)24-16-30-25-26(31-24)36(34-33-25)17-18-5-7-22-19(14-18)4-3-11-29-22/h3-8,11,14-16H,2,9-10,12-13,17H2,1H3,(H,32,37). The third-order valence-electron chi connectivity index (χ3n) is 7.90. The first-order chi connectivity index (χ1) is 18.1. The molecule has 3 aromatic heterocycles. The number of aromatic nitrogens is 6. The van der Waals surface area contributed by atoms with Crippen LogP contribution in [0.1, 0.15) is 30.9 Å². The van der Waals surface area contributed by atoms with Crippen LogP contribution in [0, 0.1) is 0 Å². The Kier molecular flexibility index (Phi) is 5.00. The molecule has 5 aromatic rings. The van der Waals surface area contributed by atoms with Gasteiger partial charge in [0.15, 0.2) is 5.65 Å². The molecule has 7 rings (SSSR count). The van der Waals surface area contributed by atoms with Crippen molar-refractivity contribution >= 4 is 33.8 Å². The number of amides is 1. The van der Waals surface area contributed by atoms with Gasteiger partial charge in [-0.05, 0) is 73.9 Å². The van der Waals surface area contributed by atoms with Gasteiger partial charge in [0.25, 0.3) is 0 Å². The zero-order valence-corrected chi connectivity index (χ0v) is 20.6. The van der Waals surface area contributed by atoms with E-state index in [1.807, 2.05) is 30.3 Å². The van der Waals surface area contributed by atoms with Crippen LogP contribution in [0.25, 0.3) is 33.5 Å². The van der Waals surface area contributed by atoms with Crippen molar-refractivity contribution < 1.29 is 4.79 Å². The van der Waals surface area contributed by atoms with Crippen LogP contribution in [0.4, 0.5) is 5.69 Å². The summed E-state index contributed by atoms with van der Waals surface area (Å²) >= 11 is 0. The molecule has 0 atom stereocenters. The van der Waals surface area contributed by atoms with Gasteiger partial charge in [-0.1, -0.05) is 30.3 Å². The molecule has 9 nitrogen and oxygen atoms in total. The fourth-order valence-electron chi connectivity index (χ4n) is 5.72. The molecule has 0 unspecified atom stereocenters. The summed E-state index contributed by atoms with van der Waals surface area (Å²) in [5.41, 5.74) is 6.37. The highest BCUT2D eigenvalue weighted by molar-refractivity contribution is 6.06. The van der Waals surface area contributed by atoms with Gasteiger partial charge in [-0.2, -0.15) is 0 Å². The second kappa shape index (κ2) is 8.41. The van der Waals surface area contributed by atoms with Gasteiger partial charge in [-0.25, -0.2) is 14.6 Å². The maximum absolute atomic E-state index is 13.1. The summed E-state index contributed by atoms with van der Waals surface area (Å²) in [6, 6.07) is 16.3. The summed E-state index contributed by atoms with van der Waals surface area (Å²) < 4.78 is 1.78. The van der Waals surface area contributed by atoms with E-state index in [1.165, 1.54) is 0 Å². The molecule has 1 N–H and O–H groups in total. The van der Waals surface area contributed by atoms with Crippen LogP contribution in [-0.4, -0.2) is 60.4 Å². The number of nitrogens with zero attached hydrogens (tertiary/aromatic N) is 7. The highest BCUT2D eigenvalue weighted by Gasteiger charge is 2.48. The normalized spacial score (nSPS) is 16.9. The predicted octanol–water partition coefficient (Wildman–Crippen LogP) is 3.79. The number of likely N-dealkylation sites (tertiary alicyclic amines) is 1. The van der Waals surface area contributed by atoms with Crippen molar-refractivity contribution in [3.05, 3.63) is 72.1 Å². The predicted molar refractivity (Wildman–Crippen MR) is 141 cm³/mol. The molecule has 184 valence electrons. The first-order valence-corrected chi connectivity index (χ1v) is 12.7. The molecule has 0 bridgehead atoms. The van der Waals surface area contributed by atoms with Crippen molar-refractivity contribution in [1.82, 2.24) is 34.8 Å². The van der Waals surface area contributed by atoms with Crippen LogP contribution in [0.5, 0.6) is 0 Å². The number of piperidine rings is 1. The Labute approximate surface area is 213 Å². The Hall–Kier alpha value is -4.24. The first-order valence-electron chi connectivity index (χ1n) is 12.7. The molecule has 9 heteroatoms. The van der Waals surface area contributed by atoms with Gasteiger partial charge >= 0.3 is 0 Å². The number of fused-ring (bicyclic) bond motifs is 4. The fraction of sp³-hybridized carbons (Fsp3) is 0.286. The number of carbonyl (C=O) groups is 1. The second-order valence-electron chi connectivity index (χ2n) is 9.91. The van der Waals surface area contributed by atoms with Gasteiger partial charge in [0.05, 0.1) is 29.4 Å². The molecule has 1 spiro atoms. The van der Waals surface area contributed by atoms with Crippen LogP contribution in [0.3, 0.4) is 0 Å². The molecule has 0 aliphatic carbocycles. The summed E-state index contributed by atoms with van der Waals surface area (Å²) in [5.74, 6) is 0.116. The minimum Gasteiger partial charge on any atom is -0.325 e. The molecule has 0 radical (unpaired) electrons. The number of hydrogen-bond donors (Lipinski definition) is 1. The van der Waals surface area contributed by atoms with E-state index in [4.69, 9.17) is 4.98 Å². The Bertz CT molecular complexity index is 1670. The largest absolute Gasteiger partial charge is 0.325 e. The maximum atomic E-state index is 13.1. The van der Waals surface area contributed by atoms with Crippen molar-refractivity contribution in [3.63, 3.8) is 0 Å². The number of rotatable bonds is 4. The topological polar surface area (TPSA) is 102 Å². The van der Waals surface area contributed by atoms with Crippen molar-refractivity contribution in [2.24, 2.45) is 0 Å².